The highest BCUT2D eigenvalue weighted by Gasteiger charge is 2.29. The van der Waals surface area contributed by atoms with E-state index in [9.17, 15) is 0 Å². The normalized spacial score (nSPS) is 16.5. The lowest BCUT2D eigenvalue weighted by Gasteiger charge is -2.24. The van der Waals surface area contributed by atoms with Gasteiger partial charge in [0.05, 0.1) is 24.6 Å². The highest BCUT2D eigenvalue weighted by Crippen LogP contribution is 2.37. The Hall–Kier alpha value is -2.59. The zero-order valence-electron chi connectivity index (χ0n) is 14.5. The number of hydrazone groups is 1. The van der Waals surface area contributed by atoms with Crippen LogP contribution in [0, 0.1) is 0 Å². The highest BCUT2D eigenvalue weighted by molar-refractivity contribution is 9.10. The summed E-state index contributed by atoms with van der Waals surface area (Å²) in [6.45, 7) is 0. The zero-order chi connectivity index (χ0) is 17.9. The van der Waals surface area contributed by atoms with Gasteiger partial charge in [0.1, 0.15) is 5.75 Å². The first-order valence-corrected chi connectivity index (χ1v) is 9.35. The molecule has 3 aromatic carbocycles. The van der Waals surface area contributed by atoms with Crippen molar-refractivity contribution in [2.24, 2.45) is 5.10 Å². The predicted molar refractivity (Wildman–Crippen MR) is 110 cm³/mol. The Morgan fingerprint density at radius 3 is 2.27 bits per heavy atom. The molecule has 0 aliphatic carbocycles. The molecule has 0 N–H and O–H groups in total. The van der Waals surface area contributed by atoms with E-state index in [1.807, 2.05) is 18.2 Å². The third-order valence-electron chi connectivity index (χ3n) is 4.61. The maximum atomic E-state index is 5.30. The molecule has 3 nitrogen and oxygen atoms in total. The third kappa shape index (κ3) is 3.37. The van der Waals surface area contributed by atoms with Gasteiger partial charge in [-0.2, -0.15) is 5.10 Å². The number of nitrogens with zero attached hydrogens (tertiary/aromatic N) is 2. The van der Waals surface area contributed by atoms with Gasteiger partial charge in [-0.25, -0.2) is 0 Å². The molecule has 0 saturated heterocycles. The first kappa shape index (κ1) is 16.9. The van der Waals surface area contributed by atoms with Crippen LogP contribution in [0.5, 0.6) is 5.75 Å². The molecule has 4 heteroatoms. The Morgan fingerprint density at radius 2 is 1.62 bits per heavy atom. The van der Waals surface area contributed by atoms with Crippen molar-refractivity contribution in [1.82, 2.24) is 0 Å². The van der Waals surface area contributed by atoms with E-state index in [1.165, 1.54) is 11.1 Å². The number of rotatable bonds is 4. The summed E-state index contributed by atoms with van der Waals surface area (Å²) in [7, 11) is 1.69. The second-order valence-electron chi connectivity index (χ2n) is 6.23. The average Bonchev–Trinajstić information content (AvgIpc) is 3.15. The molecule has 130 valence electrons. The van der Waals surface area contributed by atoms with E-state index in [0.29, 0.717) is 0 Å². The monoisotopic (exact) mass is 406 g/mol. The van der Waals surface area contributed by atoms with Gasteiger partial charge in [-0.1, -0.05) is 58.4 Å². The van der Waals surface area contributed by atoms with Crippen molar-refractivity contribution in [3.8, 4) is 5.75 Å². The smallest absolute Gasteiger partial charge is 0.118 e. The lowest BCUT2D eigenvalue weighted by Crippen LogP contribution is -2.18. The maximum absolute atomic E-state index is 5.30. The SMILES string of the molecule is COc1ccc(C2CC(c3ccccc3)=NN2c2ccc(Br)cc2)cc1. The number of ether oxygens (including phenoxy) is 1. The molecule has 1 unspecified atom stereocenters. The fourth-order valence-electron chi connectivity index (χ4n) is 3.23. The Balaban J connectivity index is 1.72. The van der Waals surface area contributed by atoms with Gasteiger partial charge in [0.25, 0.3) is 0 Å². The molecule has 1 aliphatic heterocycles. The quantitative estimate of drug-likeness (QED) is 0.545. The summed E-state index contributed by atoms with van der Waals surface area (Å²) in [4.78, 5) is 0. The lowest BCUT2D eigenvalue weighted by molar-refractivity contribution is 0.414. The topological polar surface area (TPSA) is 24.8 Å². The molecule has 0 fully saturated rings. The number of hydrogen-bond acceptors (Lipinski definition) is 3. The summed E-state index contributed by atoms with van der Waals surface area (Å²) >= 11 is 3.51. The third-order valence-corrected chi connectivity index (χ3v) is 5.14. The maximum Gasteiger partial charge on any atom is 0.118 e. The van der Waals surface area contributed by atoms with Crippen LogP contribution in [0.2, 0.25) is 0 Å². The van der Waals surface area contributed by atoms with Gasteiger partial charge >= 0.3 is 0 Å². The summed E-state index contributed by atoms with van der Waals surface area (Å²) < 4.78 is 6.36. The molecular weight excluding hydrogens is 388 g/mol. The predicted octanol–water partition coefficient (Wildman–Crippen LogP) is 5.81. The van der Waals surface area contributed by atoms with Crippen LogP contribution in [-0.4, -0.2) is 12.8 Å². The minimum absolute atomic E-state index is 0.164. The van der Waals surface area contributed by atoms with Crippen LogP contribution in [0.25, 0.3) is 0 Å². The number of halogens is 1. The van der Waals surface area contributed by atoms with Crippen molar-refractivity contribution in [2.45, 2.75) is 12.5 Å². The summed E-state index contributed by atoms with van der Waals surface area (Å²) in [5, 5.41) is 7.08. The molecule has 0 bridgehead atoms. The second kappa shape index (κ2) is 7.34. The molecule has 0 radical (unpaired) electrons. The van der Waals surface area contributed by atoms with Crippen molar-refractivity contribution in [3.05, 3.63) is 94.5 Å². The molecular formula is C22H19BrN2O. The molecule has 1 aliphatic rings. The van der Waals surface area contributed by atoms with Crippen molar-refractivity contribution in [2.75, 3.05) is 12.1 Å². The van der Waals surface area contributed by atoms with Gasteiger partial charge in [-0.15, -0.1) is 0 Å². The molecule has 26 heavy (non-hydrogen) atoms. The van der Waals surface area contributed by atoms with E-state index in [-0.39, 0.29) is 6.04 Å². The summed E-state index contributed by atoms with van der Waals surface area (Å²) in [6, 6.07) is 27.1. The van der Waals surface area contributed by atoms with Crippen LogP contribution in [0.4, 0.5) is 5.69 Å². The van der Waals surface area contributed by atoms with E-state index < -0.39 is 0 Å². The number of anilines is 1. The number of methoxy groups -OCH3 is 1. The van der Waals surface area contributed by atoms with Gasteiger partial charge in [0, 0.05) is 10.9 Å². The van der Waals surface area contributed by atoms with Crippen molar-refractivity contribution in [3.63, 3.8) is 0 Å². The Labute approximate surface area is 162 Å². The molecule has 0 aromatic heterocycles. The fourth-order valence-corrected chi connectivity index (χ4v) is 3.50. The van der Waals surface area contributed by atoms with Crippen LogP contribution >= 0.6 is 15.9 Å². The van der Waals surface area contributed by atoms with E-state index in [4.69, 9.17) is 9.84 Å². The fraction of sp³-hybridized carbons (Fsp3) is 0.136. The Kier molecular flexibility index (Phi) is 4.76. The van der Waals surface area contributed by atoms with Crippen LogP contribution in [0.1, 0.15) is 23.6 Å². The van der Waals surface area contributed by atoms with E-state index >= 15 is 0 Å². The van der Waals surface area contributed by atoms with Gasteiger partial charge < -0.3 is 4.74 Å². The Morgan fingerprint density at radius 1 is 0.923 bits per heavy atom. The Bertz CT molecular complexity index is 905. The zero-order valence-corrected chi connectivity index (χ0v) is 16.1. The molecule has 0 spiro atoms. The molecule has 3 aromatic rings. The first-order chi connectivity index (χ1) is 12.7. The van der Waals surface area contributed by atoms with Gasteiger partial charge in [0.2, 0.25) is 0 Å². The van der Waals surface area contributed by atoms with E-state index in [2.05, 4.69) is 81.6 Å². The van der Waals surface area contributed by atoms with E-state index in [0.717, 1.165) is 28.0 Å². The standard InChI is InChI=1S/C22H19BrN2O/c1-26-20-13-7-17(8-14-20)22-15-21(16-5-3-2-4-6-16)24-25(22)19-11-9-18(23)10-12-19/h2-14,22H,15H2,1H3. The van der Waals surface area contributed by atoms with Crippen LogP contribution in [-0.2, 0) is 0 Å². The minimum atomic E-state index is 0.164. The van der Waals surface area contributed by atoms with E-state index in [1.54, 1.807) is 7.11 Å². The number of hydrogen-bond donors (Lipinski definition) is 0. The summed E-state index contributed by atoms with van der Waals surface area (Å²) in [6.07, 6.45) is 0.867. The van der Waals surface area contributed by atoms with Gasteiger partial charge in [-0.05, 0) is 47.5 Å². The van der Waals surface area contributed by atoms with Crippen LogP contribution in [0.3, 0.4) is 0 Å². The van der Waals surface area contributed by atoms with Gasteiger partial charge in [-0.3, -0.25) is 5.01 Å². The highest BCUT2D eigenvalue weighted by atomic mass is 79.9. The van der Waals surface area contributed by atoms with Crippen LogP contribution in [0.15, 0.2) is 88.4 Å². The second-order valence-corrected chi connectivity index (χ2v) is 7.14. The van der Waals surface area contributed by atoms with Gasteiger partial charge in [0.15, 0.2) is 0 Å². The lowest BCUT2D eigenvalue weighted by atomic mass is 9.98. The van der Waals surface area contributed by atoms with Crippen molar-refractivity contribution < 1.29 is 4.74 Å². The average molecular weight is 407 g/mol. The molecule has 1 heterocycles. The summed E-state index contributed by atoms with van der Waals surface area (Å²) in [5.74, 6) is 0.867. The first-order valence-electron chi connectivity index (χ1n) is 8.56. The molecule has 4 rings (SSSR count). The van der Waals surface area contributed by atoms with Crippen molar-refractivity contribution >= 4 is 27.3 Å². The van der Waals surface area contributed by atoms with Crippen LogP contribution < -0.4 is 9.75 Å². The largest absolute Gasteiger partial charge is 0.497 e. The van der Waals surface area contributed by atoms with Crippen molar-refractivity contribution in [1.29, 1.82) is 0 Å². The summed E-state index contributed by atoms with van der Waals surface area (Å²) in [5.41, 5.74) is 4.59. The molecule has 0 saturated carbocycles. The minimum Gasteiger partial charge on any atom is -0.497 e. The number of benzene rings is 3. The molecule has 1 atom stereocenters. The molecule has 0 amide bonds.